The maximum atomic E-state index is 9.90. The van der Waals surface area contributed by atoms with Gasteiger partial charge in [-0.25, -0.2) is 0 Å². The molecule has 84 valence electrons. The van der Waals surface area contributed by atoms with Gasteiger partial charge in [-0.1, -0.05) is 20.8 Å². The predicted molar refractivity (Wildman–Crippen MR) is 54.9 cm³/mol. The van der Waals surface area contributed by atoms with Crippen molar-refractivity contribution in [2.24, 2.45) is 11.8 Å². The van der Waals surface area contributed by atoms with Crippen molar-refractivity contribution in [2.45, 2.75) is 52.1 Å². The molecule has 0 spiro atoms. The topological polar surface area (TPSA) is 38.7 Å². The van der Waals surface area contributed by atoms with Crippen LogP contribution < -0.4 is 0 Å². The molecular weight excluding hydrogens is 180 g/mol. The molecule has 1 N–H and O–H groups in total. The van der Waals surface area contributed by atoms with Crippen LogP contribution in [0.15, 0.2) is 0 Å². The van der Waals surface area contributed by atoms with Crippen LogP contribution in [0.5, 0.6) is 0 Å². The molecule has 1 saturated heterocycles. The first-order valence-electron chi connectivity index (χ1n) is 5.30. The summed E-state index contributed by atoms with van der Waals surface area (Å²) in [7, 11) is 1.63. The summed E-state index contributed by atoms with van der Waals surface area (Å²) in [6.07, 6.45) is 0.290. The third kappa shape index (κ3) is 2.27. The Kier molecular flexibility index (Phi) is 3.56. The Bertz CT molecular complexity index is 193. The van der Waals surface area contributed by atoms with E-state index in [0.717, 1.165) is 0 Å². The van der Waals surface area contributed by atoms with Crippen LogP contribution >= 0.6 is 0 Å². The number of aliphatic hydroxyl groups is 1. The molecule has 4 unspecified atom stereocenters. The largest absolute Gasteiger partial charge is 0.393 e. The summed E-state index contributed by atoms with van der Waals surface area (Å²) in [6.45, 7) is 8.13. The fourth-order valence-electron chi connectivity index (χ4n) is 2.10. The molecule has 0 amide bonds. The van der Waals surface area contributed by atoms with Crippen LogP contribution in [0.1, 0.15) is 34.1 Å². The molecule has 1 heterocycles. The molecule has 1 fully saturated rings. The lowest BCUT2D eigenvalue weighted by Gasteiger charge is -2.45. The van der Waals surface area contributed by atoms with E-state index in [-0.39, 0.29) is 18.1 Å². The highest BCUT2D eigenvalue weighted by Crippen LogP contribution is 2.35. The number of rotatable bonds is 2. The van der Waals surface area contributed by atoms with Gasteiger partial charge < -0.3 is 14.6 Å². The normalized spacial score (nSPS) is 44.4. The van der Waals surface area contributed by atoms with E-state index in [9.17, 15) is 5.11 Å². The van der Waals surface area contributed by atoms with Crippen molar-refractivity contribution >= 4 is 0 Å². The first-order valence-corrected chi connectivity index (χ1v) is 5.30. The monoisotopic (exact) mass is 202 g/mol. The van der Waals surface area contributed by atoms with Crippen LogP contribution in [-0.4, -0.2) is 30.2 Å². The summed E-state index contributed by atoms with van der Waals surface area (Å²) in [4.78, 5) is 0. The molecular formula is C11H22O3. The molecule has 0 aromatic rings. The molecule has 0 aromatic heterocycles. The van der Waals surface area contributed by atoms with Crippen molar-refractivity contribution in [3.63, 3.8) is 0 Å². The minimum absolute atomic E-state index is 0.0729. The molecule has 3 heteroatoms. The zero-order chi connectivity index (χ0) is 10.9. The first kappa shape index (κ1) is 12.0. The van der Waals surface area contributed by atoms with E-state index in [1.165, 1.54) is 0 Å². The van der Waals surface area contributed by atoms with Crippen molar-refractivity contribution in [1.29, 1.82) is 0 Å². The Balaban J connectivity index is 2.76. The highest BCUT2D eigenvalue weighted by atomic mass is 16.7. The lowest BCUT2D eigenvalue weighted by molar-refractivity contribution is -0.297. The van der Waals surface area contributed by atoms with Gasteiger partial charge in [-0.2, -0.15) is 0 Å². The highest BCUT2D eigenvalue weighted by molar-refractivity contribution is 4.86. The number of hydrogen-bond acceptors (Lipinski definition) is 3. The van der Waals surface area contributed by atoms with Crippen molar-refractivity contribution in [2.75, 3.05) is 7.11 Å². The maximum Gasteiger partial charge on any atom is 0.168 e. The molecule has 0 saturated carbocycles. The number of hydrogen-bond donors (Lipinski definition) is 1. The summed E-state index contributed by atoms with van der Waals surface area (Å²) in [5.74, 6) is -0.0476. The van der Waals surface area contributed by atoms with Gasteiger partial charge in [0.15, 0.2) is 5.79 Å². The van der Waals surface area contributed by atoms with E-state index in [4.69, 9.17) is 9.47 Å². The van der Waals surface area contributed by atoms with Gasteiger partial charge in [0.25, 0.3) is 0 Å². The standard InChI is InChI=1S/C11H22O3/c1-7(2)10-8(3)9(12)6-11(4,13-5)14-10/h7-10,12H,6H2,1-5H3. The molecule has 14 heavy (non-hydrogen) atoms. The second kappa shape index (κ2) is 4.17. The van der Waals surface area contributed by atoms with Crippen LogP contribution in [0.4, 0.5) is 0 Å². The van der Waals surface area contributed by atoms with E-state index in [2.05, 4.69) is 13.8 Å². The van der Waals surface area contributed by atoms with Gasteiger partial charge in [0.1, 0.15) is 0 Å². The number of aliphatic hydroxyl groups excluding tert-OH is 1. The van der Waals surface area contributed by atoms with E-state index >= 15 is 0 Å². The van der Waals surface area contributed by atoms with Crippen LogP contribution in [-0.2, 0) is 9.47 Å². The lowest BCUT2D eigenvalue weighted by Crippen LogP contribution is -2.51. The zero-order valence-electron chi connectivity index (χ0n) is 9.78. The minimum Gasteiger partial charge on any atom is -0.393 e. The lowest BCUT2D eigenvalue weighted by atomic mass is 9.84. The van der Waals surface area contributed by atoms with E-state index in [1.54, 1.807) is 7.11 Å². The van der Waals surface area contributed by atoms with Gasteiger partial charge in [-0.15, -0.1) is 0 Å². The van der Waals surface area contributed by atoms with Gasteiger partial charge in [-0.05, 0) is 12.8 Å². The van der Waals surface area contributed by atoms with Crippen LogP contribution in [0, 0.1) is 11.8 Å². The molecule has 4 atom stereocenters. The van der Waals surface area contributed by atoms with Crippen LogP contribution in [0.2, 0.25) is 0 Å². The summed E-state index contributed by atoms with van der Waals surface area (Å²) < 4.78 is 11.2. The second-order valence-corrected chi connectivity index (χ2v) is 4.80. The zero-order valence-corrected chi connectivity index (χ0v) is 9.78. The Morgan fingerprint density at radius 3 is 2.50 bits per heavy atom. The molecule has 0 aliphatic carbocycles. The molecule has 1 aliphatic heterocycles. The Hall–Kier alpha value is -0.120. The van der Waals surface area contributed by atoms with E-state index in [0.29, 0.717) is 12.3 Å². The van der Waals surface area contributed by atoms with Gasteiger partial charge in [0.2, 0.25) is 0 Å². The highest BCUT2D eigenvalue weighted by Gasteiger charge is 2.43. The summed E-state index contributed by atoms with van der Waals surface area (Å²) >= 11 is 0. The molecule has 0 aromatic carbocycles. The quantitative estimate of drug-likeness (QED) is 0.742. The molecule has 0 bridgehead atoms. The van der Waals surface area contributed by atoms with Crippen molar-refractivity contribution in [3.8, 4) is 0 Å². The van der Waals surface area contributed by atoms with Crippen molar-refractivity contribution in [1.82, 2.24) is 0 Å². The third-order valence-electron chi connectivity index (χ3n) is 3.18. The van der Waals surface area contributed by atoms with Crippen molar-refractivity contribution < 1.29 is 14.6 Å². The fourth-order valence-corrected chi connectivity index (χ4v) is 2.10. The first-order chi connectivity index (χ1) is 6.39. The Morgan fingerprint density at radius 2 is 2.07 bits per heavy atom. The molecule has 0 radical (unpaired) electrons. The van der Waals surface area contributed by atoms with E-state index < -0.39 is 5.79 Å². The summed E-state index contributed by atoms with van der Waals surface area (Å²) in [6, 6.07) is 0. The molecule has 3 nitrogen and oxygen atoms in total. The smallest absolute Gasteiger partial charge is 0.168 e. The van der Waals surface area contributed by atoms with Gasteiger partial charge in [0.05, 0.1) is 12.2 Å². The summed E-state index contributed by atoms with van der Waals surface area (Å²) in [5, 5.41) is 9.90. The predicted octanol–water partition coefficient (Wildman–Crippen LogP) is 1.79. The number of ether oxygens (including phenoxy) is 2. The van der Waals surface area contributed by atoms with Gasteiger partial charge in [-0.3, -0.25) is 0 Å². The van der Waals surface area contributed by atoms with E-state index in [1.807, 2.05) is 13.8 Å². The van der Waals surface area contributed by atoms with Crippen molar-refractivity contribution in [3.05, 3.63) is 0 Å². The fraction of sp³-hybridized carbons (Fsp3) is 1.00. The summed E-state index contributed by atoms with van der Waals surface area (Å²) in [5.41, 5.74) is 0. The average molecular weight is 202 g/mol. The second-order valence-electron chi connectivity index (χ2n) is 4.80. The Morgan fingerprint density at radius 1 is 1.50 bits per heavy atom. The van der Waals surface area contributed by atoms with Crippen LogP contribution in [0.25, 0.3) is 0 Å². The molecule has 1 rings (SSSR count). The Labute approximate surface area is 86.4 Å². The minimum atomic E-state index is -0.624. The number of methoxy groups -OCH3 is 1. The van der Waals surface area contributed by atoms with Gasteiger partial charge >= 0.3 is 0 Å². The van der Waals surface area contributed by atoms with Gasteiger partial charge in [0, 0.05) is 19.4 Å². The van der Waals surface area contributed by atoms with Crippen LogP contribution in [0.3, 0.4) is 0 Å². The molecule has 1 aliphatic rings. The average Bonchev–Trinajstić information content (AvgIpc) is 2.11. The maximum absolute atomic E-state index is 9.90. The third-order valence-corrected chi connectivity index (χ3v) is 3.18. The SMILES string of the molecule is COC1(C)CC(O)C(C)C(C(C)C)O1.